The molecule has 1 atom stereocenters. The molecule has 0 N–H and O–H groups in total. The van der Waals surface area contributed by atoms with E-state index in [2.05, 4.69) is 6.07 Å². The van der Waals surface area contributed by atoms with Crippen LogP contribution in [0.3, 0.4) is 0 Å². The van der Waals surface area contributed by atoms with E-state index in [1.165, 1.54) is 0 Å². The number of hydrogen-bond acceptors (Lipinski definition) is 4. The van der Waals surface area contributed by atoms with Crippen molar-refractivity contribution in [3.63, 3.8) is 0 Å². The Kier molecular flexibility index (Phi) is 3.56. The maximum atomic E-state index is 12.2. The Bertz CT molecular complexity index is 505. The lowest BCUT2D eigenvalue weighted by Gasteiger charge is -2.55. The van der Waals surface area contributed by atoms with Crippen molar-refractivity contribution in [3.05, 3.63) is 0 Å². The normalized spacial score (nSPS) is 27.0. The number of carbonyl (C=O) groups excluding carboxylic acids is 2. The van der Waals surface area contributed by atoms with Gasteiger partial charge in [0.15, 0.2) is 5.78 Å². The van der Waals surface area contributed by atoms with Crippen LogP contribution in [-0.4, -0.2) is 35.5 Å². The summed E-state index contributed by atoms with van der Waals surface area (Å²) in [6, 6.07) is 2.13. The van der Waals surface area contributed by atoms with Crippen molar-refractivity contribution in [3.8, 4) is 6.07 Å². The lowest BCUT2D eigenvalue weighted by molar-refractivity contribution is -0.144. The Hall–Kier alpha value is -1.57. The van der Waals surface area contributed by atoms with E-state index in [0.29, 0.717) is 19.5 Å². The molecule has 0 aromatic carbocycles. The molecular formula is C16H24N2O3. The topological polar surface area (TPSA) is 70.4 Å². The number of carbonyl (C=O) groups is 2. The number of nitriles is 1. The fraction of sp³-hybridized carbons (Fsp3) is 0.812. The maximum Gasteiger partial charge on any atom is 0.410 e. The zero-order valence-corrected chi connectivity index (χ0v) is 13.5. The van der Waals surface area contributed by atoms with Crippen molar-refractivity contribution in [2.24, 2.45) is 16.7 Å². The molecule has 2 fully saturated rings. The van der Waals surface area contributed by atoms with E-state index in [0.717, 1.165) is 6.42 Å². The summed E-state index contributed by atoms with van der Waals surface area (Å²) in [6.07, 6.45) is 0.984. The average molecular weight is 292 g/mol. The van der Waals surface area contributed by atoms with E-state index in [1.54, 1.807) is 4.90 Å². The van der Waals surface area contributed by atoms with E-state index in [-0.39, 0.29) is 17.3 Å². The van der Waals surface area contributed by atoms with Crippen molar-refractivity contribution < 1.29 is 14.3 Å². The van der Waals surface area contributed by atoms with Gasteiger partial charge in [0.05, 0.1) is 6.07 Å². The lowest BCUT2D eigenvalue weighted by atomic mass is 9.56. The van der Waals surface area contributed by atoms with Gasteiger partial charge in [0.25, 0.3) is 0 Å². The molecule has 0 radical (unpaired) electrons. The lowest BCUT2D eigenvalue weighted by Crippen LogP contribution is -2.63. The van der Waals surface area contributed by atoms with E-state index >= 15 is 0 Å². The van der Waals surface area contributed by atoms with Crippen LogP contribution < -0.4 is 0 Å². The van der Waals surface area contributed by atoms with Crippen LogP contribution in [-0.2, 0) is 9.53 Å². The van der Waals surface area contributed by atoms with E-state index < -0.39 is 16.9 Å². The second-order valence-corrected chi connectivity index (χ2v) is 8.15. The highest BCUT2D eigenvalue weighted by atomic mass is 16.6. The molecule has 1 saturated carbocycles. The number of likely N-dealkylation sites (tertiary alicyclic amines) is 1. The molecule has 1 aliphatic heterocycles. The minimum absolute atomic E-state index is 0.0337. The number of Topliss-reactive ketones (excluding diaryl/α,β-unsaturated/α-hetero) is 1. The van der Waals surface area contributed by atoms with Gasteiger partial charge in [-0.1, -0.05) is 13.8 Å². The van der Waals surface area contributed by atoms with Crippen LogP contribution in [0, 0.1) is 28.1 Å². The number of ketones is 1. The summed E-state index contributed by atoms with van der Waals surface area (Å²) in [6.45, 7) is 10.5. The molecule has 0 aromatic heterocycles. The molecule has 2 aliphatic rings. The first-order chi connectivity index (χ1) is 9.48. The van der Waals surface area contributed by atoms with E-state index in [1.807, 2.05) is 34.6 Å². The molecule has 1 heterocycles. The summed E-state index contributed by atoms with van der Waals surface area (Å²) >= 11 is 0. The molecule has 1 amide bonds. The first kappa shape index (κ1) is 15.8. The SMILES string of the molecule is CC(C)(C)OC(=O)N1CC2(CC(C#N)C(=O)C(C)(C)C2)C1. The molecule has 1 saturated heterocycles. The Labute approximate surface area is 126 Å². The van der Waals surface area contributed by atoms with Gasteiger partial charge < -0.3 is 9.64 Å². The van der Waals surface area contributed by atoms with Gasteiger partial charge in [0.2, 0.25) is 0 Å². The molecule has 1 unspecified atom stereocenters. The summed E-state index contributed by atoms with van der Waals surface area (Å²) in [5.74, 6) is -0.513. The van der Waals surface area contributed by atoms with Crippen LogP contribution in [0.25, 0.3) is 0 Å². The third-order valence-corrected chi connectivity index (χ3v) is 4.30. The molecule has 2 rings (SSSR count). The third-order valence-electron chi connectivity index (χ3n) is 4.30. The fourth-order valence-electron chi connectivity index (χ4n) is 3.66. The highest BCUT2D eigenvalue weighted by molar-refractivity contribution is 5.89. The van der Waals surface area contributed by atoms with Crippen LogP contribution in [0.1, 0.15) is 47.5 Å². The Morgan fingerprint density at radius 2 is 1.95 bits per heavy atom. The van der Waals surface area contributed by atoms with Gasteiger partial charge in [0.1, 0.15) is 11.5 Å². The molecule has 5 nitrogen and oxygen atoms in total. The van der Waals surface area contributed by atoms with Gasteiger partial charge in [-0.05, 0) is 33.6 Å². The molecule has 1 spiro atoms. The predicted molar refractivity (Wildman–Crippen MR) is 77.4 cm³/mol. The van der Waals surface area contributed by atoms with E-state index in [9.17, 15) is 14.9 Å². The molecule has 116 valence electrons. The minimum atomic E-state index is -0.547. The Morgan fingerprint density at radius 3 is 2.43 bits per heavy atom. The minimum Gasteiger partial charge on any atom is -0.444 e. The Balaban J connectivity index is 2.03. The number of nitrogens with zero attached hydrogens (tertiary/aromatic N) is 2. The van der Waals surface area contributed by atoms with E-state index in [4.69, 9.17) is 4.74 Å². The van der Waals surface area contributed by atoms with Gasteiger partial charge in [0, 0.05) is 23.9 Å². The standard InChI is InChI=1S/C16H24N2O3/c1-14(2,3)21-13(20)18-9-16(10-18)6-11(7-17)12(19)15(4,5)8-16/h11H,6,8-10H2,1-5H3. The zero-order chi connectivity index (χ0) is 16.1. The van der Waals surface area contributed by atoms with Crippen molar-refractivity contribution in [1.82, 2.24) is 4.90 Å². The van der Waals surface area contributed by atoms with Crippen LogP contribution >= 0.6 is 0 Å². The van der Waals surface area contributed by atoms with Crippen molar-refractivity contribution in [2.75, 3.05) is 13.1 Å². The largest absolute Gasteiger partial charge is 0.444 e. The van der Waals surface area contributed by atoms with Crippen LogP contribution in [0.5, 0.6) is 0 Å². The molecule has 1 aliphatic carbocycles. The first-order valence-electron chi connectivity index (χ1n) is 7.40. The van der Waals surface area contributed by atoms with Crippen LogP contribution in [0.2, 0.25) is 0 Å². The molecular weight excluding hydrogens is 268 g/mol. The second-order valence-electron chi connectivity index (χ2n) is 8.15. The summed E-state index contributed by atoms with van der Waals surface area (Å²) in [5, 5.41) is 9.20. The third kappa shape index (κ3) is 3.04. The fourth-order valence-corrected chi connectivity index (χ4v) is 3.66. The highest BCUT2D eigenvalue weighted by Crippen LogP contribution is 2.51. The van der Waals surface area contributed by atoms with Gasteiger partial charge >= 0.3 is 6.09 Å². The number of hydrogen-bond donors (Lipinski definition) is 0. The van der Waals surface area contributed by atoms with Gasteiger partial charge in [-0.3, -0.25) is 4.79 Å². The zero-order valence-electron chi connectivity index (χ0n) is 13.5. The van der Waals surface area contributed by atoms with Crippen LogP contribution in [0.4, 0.5) is 4.79 Å². The van der Waals surface area contributed by atoms with Crippen molar-refractivity contribution >= 4 is 11.9 Å². The van der Waals surface area contributed by atoms with Gasteiger partial charge in [-0.2, -0.15) is 5.26 Å². The van der Waals surface area contributed by atoms with Gasteiger partial charge in [-0.25, -0.2) is 4.79 Å². The Morgan fingerprint density at radius 1 is 1.38 bits per heavy atom. The molecule has 0 aromatic rings. The molecule has 5 heteroatoms. The summed E-state index contributed by atoms with van der Waals surface area (Å²) in [4.78, 5) is 25.9. The molecule has 21 heavy (non-hydrogen) atoms. The van der Waals surface area contributed by atoms with Gasteiger partial charge in [-0.15, -0.1) is 0 Å². The van der Waals surface area contributed by atoms with Crippen molar-refractivity contribution in [1.29, 1.82) is 5.26 Å². The smallest absolute Gasteiger partial charge is 0.410 e. The number of rotatable bonds is 0. The van der Waals surface area contributed by atoms with Crippen LogP contribution in [0.15, 0.2) is 0 Å². The quantitative estimate of drug-likeness (QED) is 0.688. The number of ether oxygens (including phenoxy) is 1. The monoisotopic (exact) mass is 292 g/mol. The highest BCUT2D eigenvalue weighted by Gasteiger charge is 2.56. The average Bonchev–Trinajstić information content (AvgIpc) is 2.27. The second kappa shape index (κ2) is 4.72. The number of amides is 1. The summed E-state index contributed by atoms with van der Waals surface area (Å²) in [7, 11) is 0. The maximum absolute atomic E-state index is 12.2. The summed E-state index contributed by atoms with van der Waals surface area (Å²) in [5.41, 5.74) is -1.09. The molecule has 0 bridgehead atoms. The first-order valence-corrected chi connectivity index (χ1v) is 7.40. The predicted octanol–water partition coefficient (Wildman–Crippen LogP) is 2.75. The van der Waals surface area contributed by atoms with Crippen molar-refractivity contribution in [2.45, 2.75) is 53.1 Å². The summed E-state index contributed by atoms with van der Waals surface area (Å²) < 4.78 is 5.36.